The molecule has 0 bridgehead atoms. The molecule has 0 aromatic heterocycles. The molecule has 88 valence electrons. The van der Waals surface area contributed by atoms with Crippen LogP contribution >= 0.6 is 0 Å². The van der Waals surface area contributed by atoms with Crippen LogP contribution in [0.3, 0.4) is 0 Å². The van der Waals surface area contributed by atoms with E-state index in [9.17, 15) is 4.79 Å². The van der Waals surface area contributed by atoms with E-state index in [1.54, 1.807) is 7.11 Å². The molecule has 15 heavy (non-hydrogen) atoms. The molecule has 0 saturated heterocycles. The van der Waals surface area contributed by atoms with E-state index in [1.807, 2.05) is 0 Å². The molecule has 0 atom stereocenters. The van der Waals surface area contributed by atoms with Crippen molar-refractivity contribution in [3.05, 3.63) is 0 Å². The maximum atomic E-state index is 10.5. The Kier molecular flexibility index (Phi) is 4.54. The summed E-state index contributed by atoms with van der Waals surface area (Å²) in [6.45, 7) is 4.87. The zero-order chi connectivity index (χ0) is 11.4. The van der Waals surface area contributed by atoms with Crippen LogP contribution < -0.4 is 0 Å². The van der Waals surface area contributed by atoms with Crippen LogP contribution in [0.15, 0.2) is 0 Å². The number of aliphatic carboxylic acids is 1. The average molecular weight is 215 g/mol. The van der Waals surface area contributed by atoms with Crippen molar-refractivity contribution in [2.24, 2.45) is 0 Å². The van der Waals surface area contributed by atoms with Gasteiger partial charge in [0.05, 0.1) is 12.5 Å². The maximum absolute atomic E-state index is 10.5. The van der Waals surface area contributed by atoms with Crippen molar-refractivity contribution in [3.63, 3.8) is 0 Å². The van der Waals surface area contributed by atoms with Gasteiger partial charge in [-0.25, -0.2) is 0 Å². The van der Waals surface area contributed by atoms with Crippen molar-refractivity contribution in [1.82, 2.24) is 4.90 Å². The predicted molar refractivity (Wildman–Crippen MR) is 57.9 cm³/mol. The van der Waals surface area contributed by atoms with E-state index in [-0.39, 0.29) is 6.42 Å². The Morgan fingerprint density at radius 1 is 1.53 bits per heavy atom. The summed E-state index contributed by atoms with van der Waals surface area (Å²) >= 11 is 0. The summed E-state index contributed by atoms with van der Waals surface area (Å²) in [5.74, 6) is -0.719. The topological polar surface area (TPSA) is 49.8 Å². The molecule has 0 aromatic rings. The van der Waals surface area contributed by atoms with Crippen LogP contribution in [0.5, 0.6) is 0 Å². The molecule has 0 aromatic carbocycles. The van der Waals surface area contributed by atoms with Gasteiger partial charge in [0, 0.05) is 25.7 Å². The van der Waals surface area contributed by atoms with E-state index in [0.717, 1.165) is 12.8 Å². The highest BCUT2D eigenvalue weighted by Crippen LogP contribution is 2.29. The number of hydrogen-bond acceptors (Lipinski definition) is 3. The Labute approximate surface area is 91.2 Å². The van der Waals surface area contributed by atoms with Crippen LogP contribution in [0, 0.1) is 0 Å². The molecule has 0 radical (unpaired) electrons. The Morgan fingerprint density at radius 3 is 2.53 bits per heavy atom. The second-order valence-electron chi connectivity index (χ2n) is 4.46. The molecule has 1 saturated carbocycles. The van der Waals surface area contributed by atoms with E-state index < -0.39 is 5.97 Å². The Hall–Kier alpha value is -0.610. The van der Waals surface area contributed by atoms with Crippen LogP contribution in [0.25, 0.3) is 0 Å². The second kappa shape index (κ2) is 5.47. The predicted octanol–water partition coefficient (Wildman–Crippen LogP) is 1.35. The van der Waals surface area contributed by atoms with E-state index in [2.05, 4.69) is 18.7 Å². The number of nitrogens with zero attached hydrogens (tertiary/aromatic N) is 1. The van der Waals surface area contributed by atoms with Gasteiger partial charge in [-0.2, -0.15) is 0 Å². The first-order valence-electron chi connectivity index (χ1n) is 5.55. The van der Waals surface area contributed by atoms with Crippen molar-refractivity contribution < 1.29 is 14.6 Å². The molecule has 0 heterocycles. The van der Waals surface area contributed by atoms with E-state index in [4.69, 9.17) is 9.84 Å². The monoisotopic (exact) mass is 215 g/mol. The number of carbonyl (C=O) groups is 1. The first-order chi connectivity index (χ1) is 7.04. The molecule has 1 fully saturated rings. The minimum Gasteiger partial charge on any atom is -0.481 e. The number of ether oxygens (including phenoxy) is 1. The van der Waals surface area contributed by atoms with Crippen molar-refractivity contribution in [2.75, 3.05) is 13.7 Å². The molecule has 1 aliphatic carbocycles. The van der Waals surface area contributed by atoms with Gasteiger partial charge in [0.2, 0.25) is 0 Å². The molecule has 4 heteroatoms. The fraction of sp³-hybridized carbons (Fsp3) is 0.909. The van der Waals surface area contributed by atoms with Crippen molar-refractivity contribution in [1.29, 1.82) is 0 Å². The smallest absolute Gasteiger partial charge is 0.304 e. The summed E-state index contributed by atoms with van der Waals surface area (Å²) in [5.41, 5.74) is 0. The van der Waals surface area contributed by atoms with Gasteiger partial charge in [0.25, 0.3) is 0 Å². The minimum absolute atomic E-state index is 0.229. The average Bonchev–Trinajstić information content (AvgIpc) is 2.07. The van der Waals surface area contributed by atoms with Gasteiger partial charge in [-0.3, -0.25) is 9.69 Å². The van der Waals surface area contributed by atoms with Gasteiger partial charge >= 0.3 is 5.97 Å². The molecule has 1 aliphatic rings. The lowest BCUT2D eigenvalue weighted by atomic mass is 9.87. The fourth-order valence-corrected chi connectivity index (χ4v) is 2.09. The largest absolute Gasteiger partial charge is 0.481 e. The summed E-state index contributed by atoms with van der Waals surface area (Å²) in [7, 11) is 1.73. The van der Waals surface area contributed by atoms with Gasteiger partial charge in [-0.05, 0) is 26.7 Å². The lowest BCUT2D eigenvalue weighted by Crippen LogP contribution is -2.51. The number of methoxy groups -OCH3 is 1. The SMILES string of the molecule is COC1CC(N(CCC(=O)O)C(C)C)C1. The van der Waals surface area contributed by atoms with Crippen LogP contribution in [-0.4, -0.2) is 47.8 Å². The highest BCUT2D eigenvalue weighted by atomic mass is 16.5. The zero-order valence-electron chi connectivity index (χ0n) is 9.77. The van der Waals surface area contributed by atoms with E-state index >= 15 is 0 Å². The first kappa shape index (κ1) is 12.5. The van der Waals surface area contributed by atoms with Crippen molar-refractivity contribution >= 4 is 5.97 Å². The van der Waals surface area contributed by atoms with Crippen molar-refractivity contribution in [3.8, 4) is 0 Å². The molecule has 4 nitrogen and oxygen atoms in total. The standard InChI is InChI=1S/C11H21NO3/c1-8(2)12(5-4-11(13)14)9-6-10(7-9)15-3/h8-10H,4-7H2,1-3H3,(H,13,14). The van der Waals surface area contributed by atoms with Gasteiger partial charge in [-0.15, -0.1) is 0 Å². The number of rotatable bonds is 6. The lowest BCUT2D eigenvalue weighted by molar-refractivity contribution is -0.138. The second-order valence-corrected chi connectivity index (χ2v) is 4.46. The third kappa shape index (κ3) is 3.47. The Balaban J connectivity index is 2.35. The number of carboxylic acids is 1. The highest BCUT2D eigenvalue weighted by Gasteiger charge is 2.34. The first-order valence-corrected chi connectivity index (χ1v) is 5.55. The summed E-state index contributed by atoms with van der Waals surface area (Å²) in [5, 5.41) is 8.66. The third-order valence-electron chi connectivity index (χ3n) is 3.12. The number of hydrogen-bond donors (Lipinski definition) is 1. The molecule has 0 unspecified atom stereocenters. The Morgan fingerprint density at radius 2 is 2.13 bits per heavy atom. The summed E-state index contributed by atoms with van der Waals surface area (Å²) < 4.78 is 5.23. The number of carboxylic acid groups (broad SMARTS) is 1. The minimum atomic E-state index is -0.719. The van der Waals surface area contributed by atoms with Crippen LogP contribution in [0.1, 0.15) is 33.1 Å². The molecular weight excluding hydrogens is 194 g/mol. The zero-order valence-corrected chi connectivity index (χ0v) is 9.77. The lowest BCUT2D eigenvalue weighted by Gasteiger charge is -2.44. The van der Waals surface area contributed by atoms with Gasteiger partial charge < -0.3 is 9.84 Å². The quantitative estimate of drug-likeness (QED) is 0.726. The molecular formula is C11H21NO3. The fourth-order valence-electron chi connectivity index (χ4n) is 2.09. The van der Waals surface area contributed by atoms with Crippen LogP contribution in [0.2, 0.25) is 0 Å². The molecule has 0 aliphatic heterocycles. The summed E-state index contributed by atoms with van der Waals surface area (Å²) in [6, 6.07) is 0.918. The molecule has 0 spiro atoms. The van der Waals surface area contributed by atoms with Gasteiger partial charge in [-0.1, -0.05) is 0 Å². The molecule has 1 rings (SSSR count). The highest BCUT2D eigenvalue weighted by molar-refractivity contribution is 5.66. The van der Waals surface area contributed by atoms with E-state index in [0.29, 0.717) is 24.7 Å². The summed E-state index contributed by atoms with van der Waals surface area (Å²) in [6.07, 6.45) is 2.68. The maximum Gasteiger partial charge on any atom is 0.304 e. The van der Waals surface area contributed by atoms with E-state index in [1.165, 1.54) is 0 Å². The Bertz CT molecular complexity index is 212. The van der Waals surface area contributed by atoms with Gasteiger partial charge in [0.1, 0.15) is 0 Å². The van der Waals surface area contributed by atoms with Gasteiger partial charge in [0.15, 0.2) is 0 Å². The normalized spacial score (nSPS) is 25.7. The van der Waals surface area contributed by atoms with Crippen LogP contribution in [0.4, 0.5) is 0 Å². The molecule has 1 N–H and O–H groups in total. The molecule has 0 amide bonds. The third-order valence-corrected chi connectivity index (χ3v) is 3.12. The van der Waals surface area contributed by atoms with Crippen LogP contribution in [-0.2, 0) is 9.53 Å². The summed E-state index contributed by atoms with van der Waals surface area (Å²) in [4.78, 5) is 12.8. The van der Waals surface area contributed by atoms with Crippen molar-refractivity contribution in [2.45, 2.75) is 51.3 Å².